The van der Waals surface area contributed by atoms with E-state index >= 15 is 0 Å². The number of nitrogen functional groups attached to an aromatic ring is 1. The zero-order valence-corrected chi connectivity index (χ0v) is 16.2. The Bertz CT molecular complexity index is 1010. The van der Waals surface area contributed by atoms with Crippen molar-refractivity contribution in [2.75, 3.05) is 25.3 Å². The Kier molecular flexibility index (Phi) is 4.44. The number of pyridine rings is 2. The van der Waals surface area contributed by atoms with Gasteiger partial charge in [-0.25, -0.2) is 9.97 Å². The van der Waals surface area contributed by atoms with E-state index in [-0.39, 0.29) is 0 Å². The van der Waals surface area contributed by atoms with E-state index in [9.17, 15) is 0 Å². The monoisotopic (exact) mass is 384 g/mol. The second-order valence-corrected chi connectivity index (χ2v) is 7.08. The summed E-state index contributed by atoms with van der Waals surface area (Å²) >= 11 is 6.65. The number of nitrogens with zero attached hydrogens (tertiary/aromatic N) is 2. The van der Waals surface area contributed by atoms with Gasteiger partial charge in [0.05, 0.1) is 24.9 Å². The van der Waals surface area contributed by atoms with Gasteiger partial charge in [0.15, 0.2) is 0 Å². The minimum Gasteiger partial charge on any atom is -0.496 e. The van der Waals surface area contributed by atoms with Crippen LogP contribution in [0.1, 0.15) is 18.4 Å². The standard InChI is InChI=1S/C20H21ClN4O2/c1-10-15(26-2)8-16(27-3)19(21)18(10)14-6-11-9-23-17(22)7-13(11)20(25-14)24-12-4-5-12/h6-9,12H,4-5H2,1-3H3,(H2,22,23)(H,24,25). The van der Waals surface area contributed by atoms with Gasteiger partial charge in [0.25, 0.3) is 0 Å². The van der Waals surface area contributed by atoms with Crippen molar-refractivity contribution >= 4 is 34.0 Å². The van der Waals surface area contributed by atoms with Gasteiger partial charge in [0, 0.05) is 40.2 Å². The normalized spacial score (nSPS) is 13.6. The number of hydrogen-bond acceptors (Lipinski definition) is 6. The quantitative estimate of drug-likeness (QED) is 0.677. The highest BCUT2D eigenvalue weighted by molar-refractivity contribution is 6.35. The van der Waals surface area contributed by atoms with Gasteiger partial charge >= 0.3 is 0 Å². The molecule has 1 saturated carbocycles. The van der Waals surface area contributed by atoms with Gasteiger partial charge in [-0.15, -0.1) is 0 Å². The minimum absolute atomic E-state index is 0.446. The van der Waals surface area contributed by atoms with Gasteiger partial charge < -0.3 is 20.5 Å². The molecule has 4 rings (SSSR count). The number of anilines is 2. The van der Waals surface area contributed by atoms with E-state index in [1.54, 1.807) is 26.5 Å². The summed E-state index contributed by atoms with van der Waals surface area (Å²) in [5.74, 6) is 2.49. The number of halogens is 1. The molecule has 0 radical (unpaired) electrons. The molecule has 0 unspecified atom stereocenters. The van der Waals surface area contributed by atoms with Crippen LogP contribution in [0.5, 0.6) is 11.5 Å². The van der Waals surface area contributed by atoms with Crippen LogP contribution in [0.2, 0.25) is 5.02 Å². The Morgan fingerprint density at radius 1 is 1.15 bits per heavy atom. The summed E-state index contributed by atoms with van der Waals surface area (Å²) in [6.07, 6.45) is 4.04. The summed E-state index contributed by atoms with van der Waals surface area (Å²) in [6.45, 7) is 1.96. The van der Waals surface area contributed by atoms with E-state index in [2.05, 4.69) is 10.3 Å². The number of methoxy groups -OCH3 is 2. The van der Waals surface area contributed by atoms with E-state index in [1.165, 1.54) is 0 Å². The van der Waals surface area contributed by atoms with Crippen LogP contribution in [0.4, 0.5) is 11.6 Å². The second kappa shape index (κ2) is 6.78. The minimum atomic E-state index is 0.446. The predicted octanol–water partition coefficient (Wildman–Crippen LogP) is 4.43. The molecule has 1 aliphatic rings. The van der Waals surface area contributed by atoms with Crippen molar-refractivity contribution < 1.29 is 9.47 Å². The molecule has 2 aromatic heterocycles. The SMILES string of the molecule is COc1cc(OC)c(Cl)c(-c2cc3cnc(N)cc3c(NC3CC3)n2)c1C. The lowest BCUT2D eigenvalue weighted by Crippen LogP contribution is -2.06. The maximum absolute atomic E-state index is 6.65. The van der Waals surface area contributed by atoms with Gasteiger partial charge in [0.2, 0.25) is 0 Å². The van der Waals surface area contributed by atoms with Gasteiger partial charge in [-0.3, -0.25) is 0 Å². The molecule has 27 heavy (non-hydrogen) atoms. The molecule has 0 bridgehead atoms. The lowest BCUT2D eigenvalue weighted by Gasteiger charge is -2.17. The van der Waals surface area contributed by atoms with E-state index < -0.39 is 0 Å². The molecule has 1 aromatic carbocycles. The lowest BCUT2D eigenvalue weighted by atomic mass is 10.0. The first-order valence-corrected chi connectivity index (χ1v) is 9.14. The molecule has 0 spiro atoms. The third-order valence-electron chi connectivity index (χ3n) is 4.79. The molecule has 140 valence electrons. The van der Waals surface area contributed by atoms with Gasteiger partial charge in [-0.2, -0.15) is 0 Å². The largest absolute Gasteiger partial charge is 0.496 e. The van der Waals surface area contributed by atoms with Crippen LogP contribution in [-0.4, -0.2) is 30.2 Å². The fourth-order valence-corrected chi connectivity index (χ4v) is 3.56. The van der Waals surface area contributed by atoms with Gasteiger partial charge in [-0.05, 0) is 31.9 Å². The first kappa shape index (κ1) is 17.7. The zero-order valence-electron chi connectivity index (χ0n) is 15.5. The Labute approximate surface area is 162 Å². The highest BCUT2D eigenvalue weighted by Gasteiger charge is 2.24. The smallest absolute Gasteiger partial charge is 0.141 e. The number of hydrogen-bond donors (Lipinski definition) is 2. The maximum Gasteiger partial charge on any atom is 0.141 e. The lowest BCUT2D eigenvalue weighted by molar-refractivity contribution is 0.393. The molecule has 7 heteroatoms. The number of benzene rings is 1. The van der Waals surface area contributed by atoms with Crippen molar-refractivity contribution in [2.45, 2.75) is 25.8 Å². The van der Waals surface area contributed by atoms with Crippen LogP contribution in [-0.2, 0) is 0 Å². The van der Waals surface area contributed by atoms with E-state index in [4.69, 9.17) is 31.8 Å². The van der Waals surface area contributed by atoms with Gasteiger partial charge in [0.1, 0.15) is 23.1 Å². The molecule has 1 aliphatic carbocycles. The molecule has 3 aromatic rings. The first-order chi connectivity index (χ1) is 13.0. The van der Waals surface area contributed by atoms with E-state index in [1.807, 2.05) is 19.1 Å². The summed E-state index contributed by atoms with van der Waals surface area (Å²) in [5, 5.41) is 5.88. The first-order valence-electron chi connectivity index (χ1n) is 8.76. The number of nitrogens with one attached hydrogen (secondary N) is 1. The van der Waals surface area contributed by atoms with Crippen molar-refractivity contribution in [1.82, 2.24) is 9.97 Å². The average Bonchev–Trinajstić information content (AvgIpc) is 3.47. The zero-order chi connectivity index (χ0) is 19.1. The van der Waals surface area contributed by atoms with Crippen molar-refractivity contribution in [2.24, 2.45) is 0 Å². The van der Waals surface area contributed by atoms with Crippen LogP contribution in [0.25, 0.3) is 22.0 Å². The van der Waals surface area contributed by atoms with Crippen LogP contribution < -0.4 is 20.5 Å². The Morgan fingerprint density at radius 2 is 1.89 bits per heavy atom. The van der Waals surface area contributed by atoms with Crippen molar-refractivity contribution in [3.63, 3.8) is 0 Å². The molecule has 0 amide bonds. The fraction of sp³-hybridized carbons (Fsp3) is 0.300. The third-order valence-corrected chi connectivity index (χ3v) is 5.17. The van der Waals surface area contributed by atoms with Crippen LogP contribution in [0.3, 0.4) is 0 Å². The predicted molar refractivity (Wildman–Crippen MR) is 109 cm³/mol. The number of fused-ring (bicyclic) bond motifs is 1. The maximum atomic E-state index is 6.65. The van der Waals surface area contributed by atoms with E-state index in [0.29, 0.717) is 28.4 Å². The number of aromatic nitrogens is 2. The second-order valence-electron chi connectivity index (χ2n) is 6.70. The Balaban J connectivity index is 1.98. The van der Waals surface area contributed by atoms with Crippen LogP contribution >= 0.6 is 11.6 Å². The summed E-state index contributed by atoms with van der Waals surface area (Å²) in [5.41, 5.74) is 8.31. The summed E-state index contributed by atoms with van der Waals surface area (Å²) in [6, 6.07) is 6.04. The summed E-state index contributed by atoms with van der Waals surface area (Å²) < 4.78 is 10.9. The molecular formula is C20H21ClN4O2. The number of rotatable bonds is 5. The average molecular weight is 385 g/mol. The highest BCUT2D eigenvalue weighted by atomic mass is 35.5. The molecule has 2 heterocycles. The molecule has 0 saturated heterocycles. The van der Waals surface area contributed by atoms with Crippen molar-refractivity contribution in [3.05, 3.63) is 35.0 Å². The Hall–Kier alpha value is -2.73. The number of ether oxygens (including phenoxy) is 2. The number of nitrogens with two attached hydrogens (primary N) is 1. The molecular weight excluding hydrogens is 364 g/mol. The third kappa shape index (κ3) is 3.21. The van der Waals surface area contributed by atoms with Crippen LogP contribution in [0, 0.1) is 6.92 Å². The molecule has 0 aliphatic heterocycles. The van der Waals surface area contributed by atoms with Crippen LogP contribution in [0.15, 0.2) is 24.4 Å². The Morgan fingerprint density at radius 3 is 2.56 bits per heavy atom. The molecule has 1 fully saturated rings. The topological polar surface area (TPSA) is 82.3 Å². The summed E-state index contributed by atoms with van der Waals surface area (Å²) in [4.78, 5) is 9.11. The van der Waals surface area contributed by atoms with Crippen molar-refractivity contribution in [1.29, 1.82) is 0 Å². The molecule has 3 N–H and O–H groups in total. The molecule has 0 atom stereocenters. The highest BCUT2D eigenvalue weighted by Crippen LogP contribution is 2.43. The summed E-state index contributed by atoms with van der Waals surface area (Å²) in [7, 11) is 3.21. The van der Waals surface area contributed by atoms with Crippen molar-refractivity contribution in [3.8, 4) is 22.8 Å². The fourth-order valence-electron chi connectivity index (χ4n) is 3.19. The van der Waals surface area contributed by atoms with Gasteiger partial charge in [-0.1, -0.05) is 11.6 Å². The van der Waals surface area contributed by atoms with E-state index in [0.717, 1.165) is 46.3 Å². The molecule has 6 nitrogen and oxygen atoms in total.